The summed E-state index contributed by atoms with van der Waals surface area (Å²) in [5.74, 6) is 0.728. The highest BCUT2D eigenvalue weighted by Crippen LogP contribution is 2.19. The van der Waals surface area contributed by atoms with Gasteiger partial charge in [-0.2, -0.15) is 5.26 Å². The van der Waals surface area contributed by atoms with E-state index in [-0.39, 0.29) is 12.6 Å². The van der Waals surface area contributed by atoms with Crippen molar-refractivity contribution in [2.45, 2.75) is 19.5 Å². The first kappa shape index (κ1) is 15.6. The SMILES string of the molecule is C[C@H](NCc1cccc(OCC#N)c1)c1cccc(Br)c1. The molecule has 0 saturated heterocycles. The first-order chi connectivity index (χ1) is 10.2. The van der Waals surface area contributed by atoms with E-state index in [1.54, 1.807) is 0 Å². The molecule has 1 N–H and O–H groups in total. The van der Waals surface area contributed by atoms with E-state index in [4.69, 9.17) is 10.00 Å². The third-order valence-corrected chi connectivity index (χ3v) is 3.66. The van der Waals surface area contributed by atoms with Crippen LogP contribution < -0.4 is 10.1 Å². The third-order valence-electron chi connectivity index (χ3n) is 3.16. The molecule has 0 unspecified atom stereocenters. The highest BCUT2D eigenvalue weighted by atomic mass is 79.9. The summed E-state index contributed by atoms with van der Waals surface area (Å²) in [6.07, 6.45) is 0. The third kappa shape index (κ3) is 4.89. The van der Waals surface area contributed by atoms with Crippen LogP contribution in [0.5, 0.6) is 5.75 Å². The van der Waals surface area contributed by atoms with Gasteiger partial charge >= 0.3 is 0 Å². The summed E-state index contributed by atoms with van der Waals surface area (Å²) >= 11 is 3.49. The van der Waals surface area contributed by atoms with Gasteiger partial charge in [0.2, 0.25) is 0 Å². The maximum atomic E-state index is 8.53. The summed E-state index contributed by atoms with van der Waals surface area (Å²) in [4.78, 5) is 0. The van der Waals surface area contributed by atoms with Crippen molar-refractivity contribution >= 4 is 15.9 Å². The molecular formula is C17H17BrN2O. The lowest BCUT2D eigenvalue weighted by Gasteiger charge is -2.15. The van der Waals surface area contributed by atoms with Crippen LogP contribution in [0.15, 0.2) is 53.0 Å². The van der Waals surface area contributed by atoms with Crippen LogP contribution in [0.2, 0.25) is 0 Å². The maximum absolute atomic E-state index is 8.53. The van der Waals surface area contributed by atoms with E-state index in [0.29, 0.717) is 0 Å². The van der Waals surface area contributed by atoms with Crippen molar-refractivity contribution in [2.75, 3.05) is 6.61 Å². The highest BCUT2D eigenvalue weighted by Gasteiger charge is 2.05. The predicted octanol–water partition coefficient (Wildman–Crippen LogP) is 4.20. The molecule has 0 aliphatic carbocycles. The second-order valence-corrected chi connectivity index (χ2v) is 5.67. The van der Waals surface area contributed by atoms with Gasteiger partial charge in [0.1, 0.15) is 11.8 Å². The van der Waals surface area contributed by atoms with E-state index in [2.05, 4.69) is 40.3 Å². The fraction of sp³-hybridized carbons (Fsp3) is 0.235. The fourth-order valence-electron chi connectivity index (χ4n) is 2.03. The first-order valence-electron chi connectivity index (χ1n) is 6.76. The maximum Gasteiger partial charge on any atom is 0.174 e. The van der Waals surface area contributed by atoms with E-state index in [1.165, 1.54) is 5.56 Å². The molecule has 0 spiro atoms. The Morgan fingerprint density at radius 2 is 2.05 bits per heavy atom. The Kier molecular flexibility index (Phi) is 5.79. The zero-order chi connectivity index (χ0) is 15.1. The zero-order valence-corrected chi connectivity index (χ0v) is 13.4. The Morgan fingerprint density at radius 3 is 2.81 bits per heavy atom. The van der Waals surface area contributed by atoms with Crippen molar-refractivity contribution in [1.29, 1.82) is 5.26 Å². The van der Waals surface area contributed by atoms with Crippen LogP contribution >= 0.6 is 15.9 Å². The topological polar surface area (TPSA) is 45.0 Å². The van der Waals surface area contributed by atoms with Crippen molar-refractivity contribution in [3.05, 3.63) is 64.1 Å². The van der Waals surface area contributed by atoms with Crippen LogP contribution in [0, 0.1) is 11.3 Å². The standard InChI is InChI=1S/C17H17BrN2O/c1-13(15-5-3-6-16(18)11-15)20-12-14-4-2-7-17(10-14)21-9-8-19/h2-7,10-11,13,20H,9,12H2,1H3/t13-/m0/s1. The van der Waals surface area contributed by atoms with Crippen LogP contribution in [0.25, 0.3) is 0 Å². The van der Waals surface area contributed by atoms with E-state index in [0.717, 1.165) is 22.3 Å². The Labute approximate surface area is 133 Å². The summed E-state index contributed by atoms with van der Waals surface area (Å²) in [5.41, 5.74) is 2.37. The summed E-state index contributed by atoms with van der Waals surface area (Å²) in [5, 5.41) is 12.0. The molecular weight excluding hydrogens is 328 g/mol. The number of benzene rings is 2. The van der Waals surface area contributed by atoms with Crippen LogP contribution in [-0.2, 0) is 6.54 Å². The average Bonchev–Trinajstić information content (AvgIpc) is 2.51. The number of hydrogen-bond acceptors (Lipinski definition) is 3. The van der Waals surface area contributed by atoms with Crippen molar-refractivity contribution in [1.82, 2.24) is 5.32 Å². The molecule has 0 amide bonds. The van der Waals surface area contributed by atoms with Crippen molar-refractivity contribution in [2.24, 2.45) is 0 Å². The molecule has 0 saturated carbocycles. The molecule has 0 bridgehead atoms. The lowest BCUT2D eigenvalue weighted by Crippen LogP contribution is -2.18. The Balaban J connectivity index is 1.95. The molecule has 2 aromatic rings. The van der Waals surface area contributed by atoms with E-state index in [1.807, 2.05) is 42.5 Å². The molecule has 3 nitrogen and oxygen atoms in total. The second kappa shape index (κ2) is 7.82. The van der Waals surface area contributed by atoms with E-state index >= 15 is 0 Å². The molecule has 2 rings (SSSR count). The van der Waals surface area contributed by atoms with Crippen molar-refractivity contribution in [3.8, 4) is 11.8 Å². The van der Waals surface area contributed by atoms with Gasteiger partial charge in [-0.1, -0.05) is 40.2 Å². The monoisotopic (exact) mass is 344 g/mol. The van der Waals surface area contributed by atoms with Crippen LogP contribution in [-0.4, -0.2) is 6.61 Å². The molecule has 108 valence electrons. The average molecular weight is 345 g/mol. The van der Waals surface area contributed by atoms with Gasteiger partial charge in [-0.3, -0.25) is 0 Å². The molecule has 4 heteroatoms. The van der Waals surface area contributed by atoms with Crippen LogP contribution in [0.1, 0.15) is 24.1 Å². The number of nitrogens with zero attached hydrogens (tertiary/aromatic N) is 1. The summed E-state index contributed by atoms with van der Waals surface area (Å²) in [6.45, 7) is 2.96. The van der Waals surface area contributed by atoms with E-state index in [9.17, 15) is 0 Å². The van der Waals surface area contributed by atoms with Gasteiger partial charge in [0.05, 0.1) is 0 Å². The first-order valence-corrected chi connectivity index (χ1v) is 7.56. The number of nitriles is 1. The second-order valence-electron chi connectivity index (χ2n) is 4.75. The molecule has 21 heavy (non-hydrogen) atoms. The smallest absolute Gasteiger partial charge is 0.174 e. The van der Waals surface area contributed by atoms with Crippen LogP contribution in [0.3, 0.4) is 0 Å². The molecule has 0 radical (unpaired) electrons. The number of ether oxygens (including phenoxy) is 1. The minimum absolute atomic E-state index is 0.0747. The van der Waals surface area contributed by atoms with Gasteiger partial charge in [-0.15, -0.1) is 0 Å². The number of nitrogens with one attached hydrogen (secondary N) is 1. The molecule has 0 heterocycles. The number of halogens is 1. The van der Waals surface area contributed by atoms with Gasteiger partial charge in [0, 0.05) is 17.1 Å². The van der Waals surface area contributed by atoms with Gasteiger partial charge < -0.3 is 10.1 Å². The molecule has 2 aromatic carbocycles. The number of hydrogen-bond donors (Lipinski definition) is 1. The molecule has 1 atom stereocenters. The molecule has 0 fully saturated rings. The minimum Gasteiger partial charge on any atom is -0.479 e. The van der Waals surface area contributed by atoms with Gasteiger partial charge in [-0.25, -0.2) is 0 Å². The normalized spacial score (nSPS) is 11.7. The Morgan fingerprint density at radius 1 is 1.24 bits per heavy atom. The minimum atomic E-state index is 0.0747. The molecule has 0 aliphatic heterocycles. The summed E-state index contributed by atoms with van der Waals surface area (Å²) < 4.78 is 6.39. The quantitative estimate of drug-likeness (QED) is 0.853. The Hall–Kier alpha value is -1.83. The predicted molar refractivity (Wildman–Crippen MR) is 86.9 cm³/mol. The lowest BCUT2D eigenvalue weighted by molar-refractivity contribution is 0.367. The molecule has 0 aromatic heterocycles. The highest BCUT2D eigenvalue weighted by molar-refractivity contribution is 9.10. The van der Waals surface area contributed by atoms with Gasteiger partial charge in [0.15, 0.2) is 6.61 Å². The molecule has 0 aliphatic rings. The Bertz CT molecular complexity index is 637. The van der Waals surface area contributed by atoms with Crippen LogP contribution in [0.4, 0.5) is 0 Å². The summed E-state index contributed by atoms with van der Waals surface area (Å²) in [7, 11) is 0. The number of rotatable bonds is 6. The lowest BCUT2D eigenvalue weighted by atomic mass is 10.1. The fourth-order valence-corrected chi connectivity index (χ4v) is 2.44. The van der Waals surface area contributed by atoms with Gasteiger partial charge in [0.25, 0.3) is 0 Å². The van der Waals surface area contributed by atoms with Crippen molar-refractivity contribution in [3.63, 3.8) is 0 Å². The zero-order valence-electron chi connectivity index (χ0n) is 11.8. The summed E-state index contributed by atoms with van der Waals surface area (Å²) in [6, 6.07) is 18.3. The van der Waals surface area contributed by atoms with Gasteiger partial charge in [-0.05, 0) is 42.3 Å². The van der Waals surface area contributed by atoms with Crippen molar-refractivity contribution < 1.29 is 4.74 Å². The largest absolute Gasteiger partial charge is 0.479 e. The van der Waals surface area contributed by atoms with E-state index < -0.39 is 0 Å².